The Morgan fingerprint density at radius 2 is 1.11 bits per heavy atom. The molecule has 20 heteroatoms. The average Bonchev–Trinajstić information content (AvgIpc) is 2.92. The molecule has 2 unspecified atom stereocenters. The monoisotopic (exact) mass is 782 g/mol. The molecule has 47 heavy (non-hydrogen) atoms. The highest BCUT2D eigenvalue weighted by molar-refractivity contribution is 8.13. The van der Waals surface area contributed by atoms with Crippen LogP contribution in [0.25, 0.3) is 0 Å². The van der Waals surface area contributed by atoms with Crippen LogP contribution < -0.4 is 49.0 Å². The highest BCUT2D eigenvalue weighted by atomic mass is 32.5. The third-order valence-corrected chi connectivity index (χ3v) is 13.6. The molecule has 0 aromatic heterocycles. The Morgan fingerprint density at radius 1 is 0.660 bits per heavy atom. The van der Waals surface area contributed by atoms with Gasteiger partial charge in [0.2, 0.25) is 5.91 Å². The maximum Gasteiger partial charge on any atom is 0.313 e. The summed E-state index contributed by atoms with van der Waals surface area (Å²) < 4.78 is 1.69. The number of ketones is 2. The van der Waals surface area contributed by atoms with Crippen molar-refractivity contribution in [1.82, 2.24) is 20.2 Å². The van der Waals surface area contributed by atoms with Crippen LogP contribution in [0.5, 0.6) is 0 Å². The summed E-state index contributed by atoms with van der Waals surface area (Å²) in [6.07, 6.45) is 7.99. The summed E-state index contributed by atoms with van der Waals surface area (Å²) >= 11 is 15.6. The second kappa shape index (κ2) is 30.6. The van der Waals surface area contributed by atoms with Gasteiger partial charge in [0.15, 0.2) is 0 Å². The van der Waals surface area contributed by atoms with Crippen LogP contribution in [0.1, 0.15) is 111 Å². The topological polar surface area (TPSA) is 264 Å². The maximum atomic E-state index is 11.6. The van der Waals surface area contributed by atoms with Crippen molar-refractivity contribution in [1.29, 1.82) is 0 Å². The third-order valence-electron chi connectivity index (χ3n) is 6.31. The van der Waals surface area contributed by atoms with E-state index in [0.717, 1.165) is 64.2 Å². The number of nitrogens with zero attached hydrogens (tertiary/aromatic N) is 1. The molecule has 0 aliphatic rings. The van der Waals surface area contributed by atoms with Crippen molar-refractivity contribution in [3.05, 3.63) is 0 Å². The van der Waals surface area contributed by atoms with Gasteiger partial charge in [0, 0.05) is 57.6 Å². The minimum Gasteiger partial charge on any atom is -0.370 e. The number of nitrogens with two attached hydrogens (primary N) is 6. The first-order valence-electron chi connectivity index (χ1n) is 16.2. The summed E-state index contributed by atoms with van der Waals surface area (Å²) in [5.74, 6) is 0.0729. The van der Waals surface area contributed by atoms with Gasteiger partial charge in [0.25, 0.3) is 0 Å². The quantitative estimate of drug-likeness (QED) is 0.0346. The van der Waals surface area contributed by atoms with Crippen molar-refractivity contribution in [2.75, 3.05) is 38.6 Å². The first-order valence-corrected chi connectivity index (χ1v) is 25.2. The first-order chi connectivity index (χ1) is 21.7. The summed E-state index contributed by atoms with van der Waals surface area (Å²) in [6.45, 7) is 8.04. The SMILES string of the molecule is CCCCN(CNC(N)=O)P(N)(N)=S.CCCCNP(N)(=S)CCCC(=O)CCCC(C)=O.CCCCNP(N)(=S)CCCC(N)=O. The predicted octanol–water partition coefficient (Wildman–Crippen LogP) is 3.52. The number of primary amides is 2. The van der Waals surface area contributed by atoms with E-state index in [2.05, 4.69) is 36.3 Å². The Hall–Kier alpha value is -0.250. The van der Waals surface area contributed by atoms with Gasteiger partial charge in [-0.05, 0) is 57.3 Å². The predicted molar refractivity (Wildman–Crippen MR) is 212 cm³/mol. The van der Waals surface area contributed by atoms with Gasteiger partial charge in [-0.1, -0.05) is 63.6 Å². The molecule has 0 aliphatic carbocycles. The molecule has 0 bridgehead atoms. The summed E-state index contributed by atoms with van der Waals surface area (Å²) in [7, 11) is 0. The van der Waals surface area contributed by atoms with Gasteiger partial charge >= 0.3 is 6.03 Å². The molecule has 0 aromatic carbocycles. The molecule has 0 fully saturated rings. The van der Waals surface area contributed by atoms with Crippen LogP contribution in [0.15, 0.2) is 0 Å². The number of carbonyl (C=O) groups is 4. The fourth-order valence-corrected chi connectivity index (χ4v) is 8.69. The summed E-state index contributed by atoms with van der Waals surface area (Å²) in [6, 6.07) is -0.602. The van der Waals surface area contributed by atoms with Crippen molar-refractivity contribution in [3.63, 3.8) is 0 Å². The molecule has 14 nitrogen and oxygen atoms in total. The van der Waals surface area contributed by atoms with Crippen LogP contribution in [0, 0.1) is 0 Å². The van der Waals surface area contributed by atoms with Crippen LogP contribution in [-0.2, 0) is 49.8 Å². The Labute approximate surface area is 299 Å². The van der Waals surface area contributed by atoms with Crippen LogP contribution in [0.2, 0.25) is 0 Å². The molecule has 0 saturated heterocycles. The van der Waals surface area contributed by atoms with Crippen LogP contribution in [0.4, 0.5) is 4.79 Å². The molecule has 15 N–H and O–H groups in total. The third kappa shape index (κ3) is 40.1. The molecule has 3 amide bonds. The lowest BCUT2D eigenvalue weighted by Gasteiger charge is -2.28. The number of nitrogens with one attached hydrogen (secondary N) is 3. The van der Waals surface area contributed by atoms with Crippen molar-refractivity contribution < 1.29 is 19.2 Å². The zero-order valence-electron chi connectivity index (χ0n) is 29.0. The Kier molecular flexibility index (Phi) is 33.2. The number of unbranched alkanes of at least 4 members (excludes halogenated alkanes) is 3. The summed E-state index contributed by atoms with van der Waals surface area (Å²) in [4.78, 5) is 43.3. The van der Waals surface area contributed by atoms with E-state index >= 15 is 0 Å². The second-order valence-corrected chi connectivity index (χ2v) is 23.6. The molecule has 0 radical (unpaired) electrons. The van der Waals surface area contributed by atoms with E-state index in [4.69, 9.17) is 68.9 Å². The van der Waals surface area contributed by atoms with Gasteiger partial charge in [-0.3, -0.25) is 41.8 Å². The van der Waals surface area contributed by atoms with E-state index in [1.54, 1.807) is 11.6 Å². The lowest BCUT2D eigenvalue weighted by Crippen LogP contribution is -2.41. The second-order valence-electron chi connectivity index (χ2n) is 11.3. The maximum absolute atomic E-state index is 11.6. The lowest BCUT2D eigenvalue weighted by molar-refractivity contribution is -0.120. The first kappa shape index (κ1) is 51.1. The molecule has 0 aliphatic heterocycles. The molecular formula is C27H65N10O4P3S3. The number of hydrogen-bond donors (Lipinski definition) is 9. The van der Waals surface area contributed by atoms with Gasteiger partial charge in [0.1, 0.15) is 18.1 Å². The molecule has 0 rings (SSSR count). The van der Waals surface area contributed by atoms with Crippen LogP contribution in [0.3, 0.4) is 0 Å². The van der Waals surface area contributed by atoms with Crippen molar-refractivity contribution in [3.8, 4) is 0 Å². The van der Waals surface area contributed by atoms with E-state index in [-0.39, 0.29) is 24.1 Å². The van der Waals surface area contributed by atoms with Crippen molar-refractivity contribution in [2.45, 2.75) is 111 Å². The number of carbonyl (C=O) groups excluding carboxylic acids is 4. The van der Waals surface area contributed by atoms with E-state index < -0.39 is 25.2 Å². The van der Waals surface area contributed by atoms with Gasteiger partial charge in [-0.25, -0.2) is 9.46 Å². The fraction of sp³-hybridized carbons (Fsp3) is 0.852. The van der Waals surface area contributed by atoms with E-state index in [9.17, 15) is 19.2 Å². The number of Topliss-reactive ketones (excluding diaryl/α,β-unsaturated/α-hetero) is 2. The normalized spacial score (nSPS) is 13.6. The number of urea groups is 1. The molecular weight excluding hydrogens is 717 g/mol. The standard InChI is InChI=1S/C13H27N2O2PS.C8H20N3OPS.C6H18N5OPS/c1-3-4-10-15-18(14,19)11-6-9-13(17)8-5-7-12(2)16;1-2-3-6-11-13(10,14)7-4-5-8(9)12;1-2-3-4-11(13(8,9)14)5-10-6(7)12/h3-11H2,1-2H3,(H3,14,15,19);2-7H2,1H3,(H2,9,12)(H3,10,11,14);2-5H2,1H3,(H3,7,10,12)(H4,8,9,14). The van der Waals surface area contributed by atoms with Gasteiger partial charge < -0.3 is 21.6 Å². The zero-order chi connectivity index (χ0) is 36.9. The van der Waals surface area contributed by atoms with Gasteiger partial charge in [0.05, 0.1) is 19.3 Å². The average molecular weight is 783 g/mol. The van der Waals surface area contributed by atoms with E-state index in [1.165, 1.54) is 0 Å². The number of rotatable bonds is 26. The van der Waals surface area contributed by atoms with Crippen molar-refractivity contribution in [2.24, 2.45) is 33.5 Å². The molecule has 0 aromatic rings. The highest BCUT2D eigenvalue weighted by Gasteiger charge is 2.16. The van der Waals surface area contributed by atoms with Gasteiger partial charge in [-0.2, -0.15) is 0 Å². The fourth-order valence-electron chi connectivity index (χ4n) is 3.56. The van der Waals surface area contributed by atoms with E-state index in [1.807, 2.05) is 0 Å². The minimum atomic E-state index is -2.47. The largest absolute Gasteiger partial charge is 0.370 e. The molecule has 280 valence electrons. The Morgan fingerprint density at radius 3 is 1.49 bits per heavy atom. The smallest absolute Gasteiger partial charge is 0.313 e. The Balaban J connectivity index is -0.000000630. The number of hydrogen-bond acceptors (Lipinski definition) is 7. The molecule has 0 saturated carbocycles. The zero-order valence-corrected chi connectivity index (χ0v) is 34.2. The summed E-state index contributed by atoms with van der Waals surface area (Å²) in [5.41, 5.74) is 33.2. The van der Waals surface area contributed by atoms with Crippen molar-refractivity contribution >= 4 is 78.1 Å². The number of amides is 3. The molecule has 0 spiro atoms. The van der Waals surface area contributed by atoms with Crippen LogP contribution in [-0.4, -0.2) is 66.8 Å². The minimum absolute atomic E-state index is 0.144. The van der Waals surface area contributed by atoms with Gasteiger partial charge in [-0.15, -0.1) is 0 Å². The summed E-state index contributed by atoms with van der Waals surface area (Å²) in [5, 5.41) is 8.85. The highest BCUT2D eigenvalue weighted by Crippen LogP contribution is 2.33. The molecule has 2 atom stereocenters. The van der Waals surface area contributed by atoms with E-state index in [0.29, 0.717) is 51.2 Å². The van der Waals surface area contributed by atoms with Crippen LogP contribution >= 0.6 is 19.2 Å². The Bertz CT molecular complexity index is 1030. The molecule has 0 heterocycles. The lowest BCUT2D eigenvalue weighted by atomic mass is 10.1.